The van der Waals surface area contributed by atoms with E-state index in [4.69, 9.17) is 15.7 Å². The fourth-order valence-corrected chi connectivity index (χ4v) is 0.648. The largest absolute Gasteiger partial charge is 0.381 e. The van der Waals surface area contributed by atoms with Gasteiger partial charge in [0.25, 0.3) is 0 Å². The van der Waals surface area contributed by atoms with Crippen LogP contribution in [0, 0.1) is 0 Å². The monoisotopic (exact) mass is 175 g/mol. The minimum atomic E-state index is 0.0468. The first-order valence-corrected chi connectivity index (χ1v) is 4.09. The van der Waals surface area contributed by atoms with Crippen LogP contribution in [0.15, 0.2) is 4.99 Å². The molecule has 12 heavy (non-hydrogen) atoms. The Kier molecular flexibility index (Phi) is 7.73. The number of hydroxylamine groups is 1. The normalized spacial score (nSPS) is 11.7. The number of hydrogen-bond acceptors (Lipinski definition) is 3. The minimum absolute atomic E-state index is 0.0468. The van der Waals surface area contributed by atoms with Crippen LogP contribution in [-0.4, -0.2) is 30.9 Å². The minimum Gasteiger partial charge on any atom is -0.381 e. The van der Waals surface area contributed by atoms with Crippen LogP contribution in [0.5, 0.6) is 0 Å². The highest BCUT2D eigenvalue weighted by atomic mass is 16.5. The first-order valence-electron chi connectivity index (χ1n) is 4.09. The van der Waals surface area contributed by atoms with Gasteiger partial charge in [0.1, 0.15) is 0 Å². The van der Waals surface area contributed by atoms with Crippen molar-refractivity contribution in [2.45, 2.75) is 19.8 Å². The average Bonchev–Trinajstić information content (AvgIpc) is 2.10. The van der Waals surface area contributed by atoms with Gasteiger partial charge in [0.2, 0.25) is 5.96 Å². The summed E-state index contributed by atoms with van der Waals surface area (Å²) in [6.45, 7) is 4.11. The molecule has 0 aliphatic rings. The average molecular weight is 175 g/mol. The topological polar surface area (TPSA) is 79.9 Å². The molecule has 0 heterocycles. The molecule has 4 N–H and O–H groups in total. The Bertz CT molecular complexity index is 128. The van der Waals surface area contributed by atoms with Crippen LogP contribution in [0.1, 0.15) is 19.8 Å². The lowest BCUT2D eigenvalue weighted by Crippen LogP contribution is -2.28. The van der Waals surface area contributed by atoms with Gasteiger partial charge in [-0.2, -0.15) is 0 Å². The number of aliphatic imine (C=N–C) groups is 1. The van der Waals surface area contributed by atoms with Crippen LogP contribution in [0.4, 0.5) is 0 Å². The Morgan fingerprint density at radius 1 is 1.58 bits per heavy atom. The third kappa shape index (κ3) is 7.30. The molecule has 5 nitrogen and oxygen atoms in total. The number of hydrogen-bond donors (Lipinski definition) is 3. The highest BCUT2D eigenvalue weighted by Crippen LogP contribution is 1.85. The molecule has 0 aromatic carbocycles. The first kappa shape index (κ1) is 11.2. The number of ether oxygens (including phenoxy) is 1. The second-order valence-corrected chi connectivity index (χ2v) is 2.34. The second-order valence-electron chi connectivity index (χ2n) is 2.34. The number of guanidine groups is 1. The third-order valence-corrected chi connectivity index (χ3v) is 1.19. The van der Waals surface area contributed by atoms with Crippen molar-refractivity contribution in [1.29, 1.82) is 0 Å². The van der Waals surface area contributed by atoms with Crippen molar-refractivity contribution in [2.24, 2.45) is 10.7 Å². The molecule has 0 radical (unpaired) electrons. The number of nitrogens with zero attached hydrogens (tertiary/aromatic N) is 1. The molecule has 0 atom stereocenters. The van der Waals surface area contributed by atoms with Gasteiger partial charge < -0.3 is 10.5 Å². The van der Waals surface area contributed by atoms with Crippen molar-refractivity contribution in [3.05, 3.63) is 0 Å². The third-order valence-electron chi connectivity index (χ3n) is 1.19. The zero-order chi connectivity index (χ0) is 9.23. The predicted molar refractivity (Wildman–Crippen MR) is 47.1 cm³/mol. The fourth-order valence-electron chi connectivity index (χ4n) is 0.648. The summed E-state index contributed by atoms with van der Waals surface area (Å²) < 4.78 is 5.21. The van der Waals surface area contributed by atoms with Crippen LogP contribution < -0.4 is 11.2 Å². The Morgan fingerprint density at radius 3 is 2.92 bits per heavy atom. The van der Waals surface area contributed by atoms with Crippen molar-refractivity contribution in [3.8, 4) is 0 Å². The van der Waals surface area contributed by atoms with E-state index in [1.165, 1.54) is 0 Å². The molecule has 5 heteroatoms. The van der Waals surface area contributed by atoms with E-state index in [9.17, 15) is 0 Å². The second kappa shape index (κ2) is 8.29. The molecule has 0 aliphatic heterocycles. The van der Waals surface area contributed by atoms with E-state index in [0.29, 0.717) is 13.2 Å². The fraction of sp³-hybridized carbons (Fsp3) is 0.857. The Hall–Kier alpha value is -0.810. The first-order chi connectivity index (χ1) is 5.81. The maximum Gasteiger partial charge on any atom is 0.212 e. The van der Waals surface area contributed by atoms with Crippen molar-refractivity contribution >= 4 is 5.96 Å². The molecular formula is C7H17N3O2. The molecule has 0 amide bonds. The smallest absolute Gasteiger partial charge is 0.212 e. The van der Waals surface area contributed by atoms with Gasteiger partial charge in [-0.3, -0.25) is 10.2 Å². The van der Waals surface area contributed by atoms with Gasteiger partial charge in [0.15, 0.2) is 0 Å². The van der Waals surface area contributed by atoms with E-state index in [2.05, 4.69) is 11.9 Å². The number of rotatable bonds is 6. The Balaban J connectivity index is 3.10. The zero-order valence-electron chi connectivity index (χ0n) is 7.42. The predicted octanol–water partition coefficient (Wildman–Crippen LogP) is 0.0966. The van der Waals surface area contributed by atoms with Gasteiger partial charge in [-0.05, 0) is 12.8 Å². The molecule has 0 saturated carbocycles. The highest BCUT2D eigenvalue weighted by Gasteiger charge is 1.88. The van der Waals surface area contributed by atoms with Crippen molar-refractivity contribution < 1.29 is 9.94 Å². The zero-order valence-corrected chi connectivity index (χ0v) is 7.42. The maximum absolute atomic E-state index is 8.24. The maximum atomic E-state index is 8.24. The lowest BCUT2D eigenvalue weighted by atomic mass is 10.4. The summed E-state index contributed by atoms with van der Waals surface area (Å²) >= 11 is 0. The molecule has 72 valence electrons. The van der Waals surface area contributed by atoms with Crippen LogP contribution in [0.3, 0.4) is 0 Å². The summed E-state index contributed by atoms with van der Waals surface area (Å²) in [7, 11) is 0. The molecule has 0 fully saturated rings. The van der Waals surface area contributed by atoms with E-state index in [0.717, 1.165) is 19.4 Å². The van der Waals surface area contributed by atoms with Gasteiger partial charge in [-0.15, -0.1) is 0 Å². The molecular weight excluding hydrogens is 158 g/mol. The van der Waals surface area contributed by atoms with E-state index >= 15 is 0 Å². The quantitative estimate of drug-likeness (QED) is 0.231. The summed E-state index contributed by atoms with van der Waals surface area (Å²) in [5.74, 6) is 0.0468. The highest BCUT2D eigenvalue weighted by molar-refractivity contribution is 5.76. The van der Waals surface area contributed by atoms with E-state index in [-0.39, 0.29) is 5.96 Å². The van der Waals surface area contributed by atoms with Crippen molar-refractivity contribution in [1.82, 2.24) is 5.48 Å². The number of nitrogens with two attached hydrogens (primary N) is 1. The van der Waals surface area contributed by atoms with Crippen molar-refractivity contribution in [2.75, 3.05) is 19.8 Å². The van der Waals surface area contributed by atoms with Gasteiger partial charge in [0.05, 0.1) is 0 Å². The molecule has 0 unspecified atom stereocenters. The van der Waals surface area contributed by atoms with E-state index < -0.39 is 0 Å². The van der Waals surface area contributed by atoms with Gasteiger partial charge in [0, 0.05) is 19.8 Å². The molecule has 0 aromatic rings. The molecule has 0 bridgehead atoms. The van der Waals surface area contributed by atoms with Gasteiger partial charge in [-0.25, -0.2) is 5.48 Å². The van der Waals surface area contributed by atoms with Crippen molar-refractivity contribution in [3.63, 3.8) is 0 Å². The molecule has 0 spiro atoms. The van der Waals surface area contributed by atoms with Gasteiger partial charge >= 0.3 is 0 Å². The van der Waals surface area contributed by atoms with Crippen LogP contribution >= 0.6 is 0 Å². The molecule has 0 aromatic heterocycles. The Morgan fingerprint density at radius 2 is 2.33 bits per heavy atom. The summed E-state index contributed by atoms with van der Waals surface area (Å²) in [5, 5.41) is 8.24. The lowest BCUT2D eigenvalue weighted by Gasteiger charge is -2.00. The molecule has 0 rings (SSSR count). The summed E-state index contributed by atoms with van der Waals surface area (Å²) in [6, 6.07) is 0. The van der Waals surface area contributed by atoms with E-state index in [1.807, 2.05) is 0 Å². The standard InChI is InChI=1S/C7H17N3O2/c1-2-5-12-6-3-4-9-7(8)10-11/h11H,2-6H2,1H3,(H3,8,9,10). The molecule has 0 saturated heterocycles. The molecule has 0 aliphatic carbocycles. The summed E-state index contributed by atoms with van der Waals surface area (Å²) in [6.07, 6.45) is 1.85. The van der Waals surface area contributed by atoms with Crippen LogP contribution in [0.25, 0.3) is 0 Å². The number of nitrogens with one attached hydrogen (secondary N) is 1. The van der Waals surface area contributed by atoms with Crippen LogP contribution in [-0.2, 0) is 4.74 Å². The van der Waals surface area contributed by atoms with E-state index in [1.54, 1.807) is 5.48 Å². The lowest BCUT2D eigenvalue weighted by molar-refractivity contribution is 0.134. The Labute approximate surface area is 72.6 Å². The SMILES string of the molecule is CCCOCCCN=C(N)NO. The summed E-state index contributed by atoms with van der Waals surface area (Å²) in [5.41, 5.74) is 6.92. The summed E-state index contributed by atoms with van der Waals surface area (Å²) in [4.78, 5) is 3.79. The van der Waals surface area contributed by atoms with Gasteiger partial charge in [-0.1, -0.05) is 6.92 Å². The van der Waals surface area contributed by atoms with Crippen LogP contribution in [0.2, 0.25) is 0 Å².